The minimum absolute atomic E-state index is 0.0489. The largest absolute Gasteiger partial charge is 0.351 e. The summed E-state index contributed by atoms with van der Waals surface area (Å²) in [5, 5.41) is 6.39. The van der Waals surface area contributed by atoms with Gasteiger partial charge in [0, 0.05) is 18.5 Å². The Bertz CT molecular complexity index is 575. The van der Waals surface area contributed by atoms with Gasteiger partial charge in [-0.2, -0.15) is 0 Å². The monoisotopic (exact) mass is 323 g/mol. The molecule has 0 aliphatic carbocycles. The van der Waals surface area contributed by atoms with Gasteiger partial charge in [0.1, 0.15) is 0 Å². The molecule has 0 radical (unpaired) electrons. The molecule has 2 heterocycles. The first-order valence-electron chi connectivity index (χ1n) is 8.22. The molecule has 1 amide bonds. The molecule has 2 atom stereocenters. The van der Waals surface area contributed by atoms with Crippen molar-refractivity contribution in [3.05, 3.63) is 35.4 Å². The van der Waals surface area contributed by atoms with Crippen molar-refractivity contribution in [3.8, 4) is 0 Å². The quantitative estimate of drug-likeness (QED) is 0.892. The lowest BCUT2D eigenvalue weighted by Crippen LogP contribution is -2.44. The second-order valence-corrected chi connectivity index (χ2v) is 6.53. The van der Waals surface area contributed by atoms with Gasteiger partial charge in [0.15, 0.2) is 11.6 Å². The number of halogens is 2. The van der Waals surface area contributed by atoms with Crippen molar-refractivity contribution >= 4 is 5.91 Å². The van der Waals surface area contributed by atoms with Crippen molar-refractivity contribution in [2.75, 3.05) is 26.7 Å². The second kappa shape index (κ2) is 6.93. The van der Waals surface area contributed by atoms with Crippen LogP contribution in [0.2, 0.25) is 0 Å². The van der Waals surface area contributed by atoms with Crippen LogP contribution in [0.1, 0.15) is 30.9 Å². The summed E-state index contributed by atoms with van der Waals surface area (Å²) in [4.78, 5) is 14.6. The maximum atomic E-state index is 13.6. The zero-order valence-corrected chi connectivity index (χ0v) is 13.3. The van der Waals surface area contributed by atoms with E-state index in [-0.39, 0.29) is 23.9 Å². The van der Waals surface area contributed by atoms with E-state index in [0.29, 0.717) is 5.56 Å². The number of benzene rings is 1. The maximum Gasteiger partial charge on any atom is 0.223 e. The molecule has 6 heteroatoms. The highest BCUT2D eigenvalue weighted by Crippen LogP contribution is 2.32. The molecule has 0 saturated carbocycles. The van der Waals surface area contributed by atoms with E-state index in [0.717, 1.165) is 45.0 Å². The van der Waals surface area contributed by atoms with Crippen LogP contribution in [0, 0.1) is 17.6 Å². The smallest absolute Gasteiger partial charge is 0.223 e. The molecule has 0 spiro atoms. The van der Waals surface area contributed by atoms with E-state index in [1.54, 1.807) is 6.07 Å². The third-order valence-corrected chi connectivity index (χ3v) is 4.97. The topological polar surface area (TPSA) is 44.4 Å². The van der Waals surface area contributed by atoms with Gasteiger partial charge in [-0.05, 0) is 57.1 Å². The Hall–Kier alpha value is -1.53. The van der Waals surface area contributed by atoms with Gasteiger partial charge in [0.25, 0.3) is 0 Å². The predicted octanol–water partition coefficient (Wildman–Crippen LogP) is 1.83. The Morgan fingerprint density at radius 2 is 1.96 bits per heavy atom. The number of hydrogen-bond donors (Lipinski definition) is 2. The van der Waals surface area contributed by atoms with Crippen molar-refractivity contribution in [3.63, 3.8) is 0 Å². The number of carbonyl (C=O) groups excluding carboxylic acids is 1. The van der Waals surface area contributed by atoms with Crippen molar-refractivity contribution in [1.82, 2.24) is 15.5 Å². The van der Waals surface area contributed by atoms with E-state index < -0.39 is 11.6 Å². The number of rotatable bonds is 3. The highest BCUT2D eigenvalue weighted by Gasteiger charge is 2.35. The SMILES string of the molecule is CN1CCC(NC(=O)C2CCNCC2)C1c1ccc(F)c(F)c1. The molecule has 23 heavy (non-hydrogen) atoms. The Morgan fingerprint density at radius 1 is 1.22 bits per heavy atom. The van der Waals surface area contributed by atoms with Gasteiger partial charge in [-0.1, -0.05) is 6.07 Å². The molecule has 1 aromatic carbocycles. The first-order chi connectivity index (χ1) is 11.1. The molecular formula is C17H23F2N3O. The summed E-state index contributed by atoms with van der Waals surface area (Å²) in [6, 6.07) is 3.82. The van der Waals surface area contributed by atoms with Gasteiger partial charge >= 0.3 is 0 Å². The van der Waals surface area contributed by atoms with Crippen LogP contribution in [0.4, 0.5) is 8.78 Å². The fourth-order valence-electron chi connectivity index (χ4n) is 3.67. The molecule has 1 aromatic rings. The molecular weight excluding hydrogens is 300 g/mol. The van der Waals surface area contributed by atoms with Gasteiger partial charge < -0.3 is 10.6 Å². The Morgan fingerprint density at radius 3 is 2.65 bits per heavy atom. The van der Waals surface area contributed by atoms with Gasteiger partial charge in [0.2, 0.25) is 5.91 Å². The average Bonchev–Trinajstić information content (AvgIpc) is 2.91. The fraction of sp³-hybridized carbons (Fsp3) is 0.588. The average molecular weight is 323 g/mol. The van der Waals surface area contributed by atoms with Crippen LogP contribution in [0.3, 0.4) is 0 Å². The molecule has 126 valence electrons. The lowest BCUT2D eigenvalue weighted by atomic mass is 9.95. The zero-order valence-electron chi connectivity index (χ0n) is 13.3. The number of amides is 1. The van der Waals surface area contributed by atoms with Gasteiger partial charge in [0.05, 0.1) is 6.04 Å². The van der Waals surface area contributed by atoms with Crippen molar-refractivity contribution in [2.45, 2.75) is 31.3 Å². The van der Waals surface area contributed by atoms with Crippen LogP contribution in [0.25, 0.3) is 0 Å². The first kappa shape index (κ1) is 16.3. The van der Waals surface area contributed by atoms with Crippen LogP contribution in [0.5, 0.6) is 0 Å². The van der Waals surface area contributed by atoms with Gasteiger partial charge in [-0.3, -0.25) is 9.69 Å². The fourth-order valence-corrected chi connectivity index (χ4v) is 3.67. The highest BCUT2D eigenvalue weighted by molar-refractivity contribution is 5.79. The van der Waals surface area contributed by atoms with E-state index in [1.807, 2.05) is 7.05 Å². The first-order valence-corrected chi connectivity index (χ1v) is 8.22. The number of carbonyl (C=O) groups is 1. The molecule has 2 saturated heterocycles. The van der Waals surface area contributed by atoms with Crippen LogP contribution in [-0.4, -0.2) is 43.5 Å². The summed E-state index contributed by atoms with van der Waals surface area (Å²) in [5.74, 6) is -1.55. The lowest BCUT2D eigenvalue weighted by molar-refractivity contribution is -0.126. The molecule has 0 bridgehead atoms. The minimum atomic E-state index is -0.843. The summed E-state index contributed by atoms with van der Waals surface area (Å²) in [7, 11) is 1.95. The van der Waals surface area contributed by atoms with Gasteiger partial charge in [-0.25, -0.2) is 8.78 Å². The molecule has 2 N–H and O–H groups in total. The number of nitrogens with one attached hydrogen (secondary N) is 2. The highest BCUT2D eigenvalue weighted by atomic mass is 19.2. The van der Waals surface area contributed by atoms with Gasteiger partial charge in [-0.15, -0.1) is 0 Å². The molecule has 2 fully saturated rings. The molecule has 0 aromatic heterocycles. The number of piperidine rings is 1. The molecule has 3 rings (SSSR count). The predicted molar refractivity (Wildman–Crippen MR) is 83.9 cm³/mol. The van der Waals surface area contributed by atoms with Crippen molar-refractivity contribution < 1.29 is 13.6 Å². The normalized spacial score (nSPS) is 26.4. The summed E-state index contributed by atoms with van der Waals surface area (Å²) in [6.07, 6.45) is 2.52. The van der Waals surface area contributed by atoms with Crippen LogP contribution in [-0.2, 0) is 4.79 Å². The number of likely N-dealkylation sites (tertiary alicyclic amines) is 1. The Labute approximate surface area is 135 Å². The van der Waals surface area contributed by atoms with Crippen LogP contribution in [0.15, 0.2) is 18.2 Å². The van der Waals surface area contributed by atoms with Crippen molar-refractivity contribution in [2.24, 2.45) is 5.92 Å². The minimum Gasteiger partial charge on any atom is -0.351 e. The standard InChI is InChI=1S/C17H23F2N3O/c1-22-9-6-15(21-17(23)11-4-7-20-8-5-11)16(22)12-2-3-13(18)14(19)10-12/h2-3,10-11,15-16,20H,4-9H2,1H3,(H,21,23). The van der Waals surface area contributed by atoms with Crippen LogP contribution < -0.4 is 10.6 Å². The number of nitrogens with zero attached hydrogens (tertiary/aromatic N) is 1. The van der Waals surface area contributed by atoms with Crippen molar-refractivity contribution in [1.29, 1.82) is 0 Å². The summed E-state index contributed by atoms with van der Waals surface area (Å²) in [6.45, 7) is 2.56. The Balaban J connectivity index is 1.72. The molecule has 4 nitrogen and oxygen atoms in total. The Kier molecular flexibility index (Phi) is 4.92. The third-order valence-electron chi connectivity index (χ3n) is 4.97. The lowest BCUT2D eigenvalue weighted by Gasteiger charge is -2.29. The van der Waals surface area contributed by atoms with Crippen LogP contribution >= 0.6 is 0 Å². The molecule has 2 unspecified atom stereocenters. The molecule has 2 aliphatic heterocycles. The molecule has 2 aliphatic rings. The second-order valence-electron chi connectivity index (χ2n) is 6.53. The maximum absolute atomic E-state index is 13.6. The number of likely N-dealkylation sites (N-methyl/N-ethyl adjacent to an activating group) is 1. The third kappa shape index (κ3) is 3.53. The summed E-state index contributed by atoms with van der Waals surface area (Å²) >= 11 is 0. The summed E-state index contributed by atoms with van der Waals surface area (Å²) in [5.41, 5.74) is 0.708. The van der Waals surface area contributed by atoms with E-state index in [1.165, 1.54) is 6.07 Å². The number of hydrogen-bond acceptors (Lipinski definition) is 3. The summed E-state index contributed by atoms with van der Waals surface area (Å²) < 4.78 is 26.7. The van der Waals surface area contributed by atoms with E-state index >= 15 is 0 Å². The van der Waals surface area contributed by atoms with E-state index in [9.17, 15) is 13.6 Å². The van der Waals surface area contributed by atoms with E-state index in [2.05, 4.69) is 15.5 Å². The zero-order chi connectivity index (χ0) is 16.4. The van der Waals surface area contributed by atoms with E-state index in [4.69, 9.17) is 0 Å².